The molecule has 36 heavy (non-hydrogen) atoms. The smallest absolute Gasteiger partial charge is 0.227 e. The molecule has 2 aromatic carbocycles. The zero-order valence-electron chi connectivity index (χ0n) is 22.9. The summed E-state index contributed by atoms with van der Waals surface area (Å²) in [7, 11) is 0. The number of unbranched alkanes of at least 4 members (excludes halogenated alkanes) is 1. The molecule has 5 nitrogen and oxygen atoms in total. The Kier molecular flexibility index (Phi) is 8.26. The first-order valence-electron chi connectivity index (χ1n) is 13.4. The lowest BCUT2D eigenvalue weighted by Crippen LogP contribution is -2.67. The van der Waals surface area contributed by atoms with E-state index in [9.17, 15) is 15.0 Å². The van der Waals surface area contributed by atoms with E-state index in [-0.39, 0.29) is 0 Å². The maximum absolute atomic E-state index is 13.6. The number of hydrogen-bond donors (Lipinski definition) is 3. The number of hydrogen-bond acceptors (Lipinski definition) is 4. The third-order valence-corrected chi connectivity index (χ3v) is 9.38. The molecule has 1 aliphatic carbocycles. The van der Waals surface area contributed by atoms with Crippen LogP contribution in [0.5, 0.6) is 5.75 Å². The average Bonchev–Trinajstić information content (AvgIpc) is 2.86. The second kappa shape index (κ2) is 10.5. The van der Waals surface area contributed by atoms with Crippen molar-refractivity contribution < 1.29 is 19.7 Å². The van der Waals surface area contributed by atoms with Gasteiger partial charge >= 0.3 is 0 Å². The molecule has 0 spiro atoms. The first kappa shape index (κ1) is 28.2. The molecule has 3 rings (SSSR count). The minimum Gasteiger partial charge on any atom is -0.494 e. The standard InChI is InChI=1S/C31H45NO4/c1-7-28(3,4)30(27(32)34)25(20-14-15-21-36-22-16-10-9-11-17-22)31(35,29(5,6)8-2)24-19-13-12-18-23(24)26(30)33/h9-13,16-19,25-26,33,35H,7-8,14-15,20-21H2,1-6H3,(H2,32,34). The van der Waals surface area contributed by atoms with Gasteiger partial charge in [-0.15, -0.1) is 0 Å². The summed E-state index contributed by atoms with van der Waals surface area (Å²) in [5.74, 6) is -0.303. The maximum atomic E-state index is 13.6. The normalized spacial score (nSPS) is 26.3. The molecule has 5 heteroatoms. The average molecular weight is 496 g/mol. The van der Waals surface area contributed by atoms with E-state index in [1.165, 1.54) is 0 Å². The quantitative estimate of drug-likeness (QED) is 0.327. The van der Waals surface area contributed by atoms with Crippen LogP contribution in [0.25, 0.3) is 0 Å². The van der Waals surface area contributed by atoms with Crippen molar-refractivity contribution in [2.45, 2.75) is 85.4 Å². The maximum Gasteiger partial charge on any atom is 0.227 e. The lowest BCUT2D eigenvalue weighted by Gasteiger charge is -2.63. The molecule has 1 aliphatic rings. The highest BCUT2D eigenvalue weighted by Crippen LogP contribution is 2.68. The van der Waals surface area contributed by atoms with Gasteiger partial charge in [0.2, 0.25) is 5.91 Å². The summed E-state index contributed by atoms with van der Waals surface area (Å²) in [6, 6.07) is 17.2. The first-order valence-corrected chi connectivity index (χ1v) is 13.4. The third-order valence-electron chi connectivity index (χ3n) is 9.38. The Bertz CT molecular complexity index is 1030. The predicted octanol–water partition coefficient (Wildman–Crippen LogP) is 6.13. The van der Waals surface area contributed by atoms with Crippen LogP contribution in [0, 0.1) is 22.2 Å². The van der Waals surface area contributed by atoms with Crippen molar-refractivity contribution in [2.24, 2.45) is 27.9 Å². The van der Waals surface area contributed by atoms with E-state index in [0.29, 0.717) is 37.0 Å². The number of carbonyl (C=O) groups is 1. The van der Waals surface area contributed by atoms with Gasteiger partial charge in [-0.1, -0.05) is 84.0 Å². The predicted molar refractivity (Wildman–Crippen MR) is 144 cm³/mol. The molecule has 0 fully saturated rings. The summed E-state index contributed by atoms with van der Waals surface area (Å²) in [5, 5.41) is 24.8. The number of benzene rings is 2. The van der Waals surface area contributed by atoms with E-state index in [4.69, 9.17) is 10.5 Å². The summed E-state index contributed by atoms with van der Waals surface area (Å²) in [5.41, 5.74) is 3.65. The summed E-state index contributed by atoms with van der Waals surface area (Å²) in [6.07, 6.45) is 2.24. The molecule has 0 radical (unpaired) electrons. The topological polar surface area (TPSA) is 92.8 Å². The number of aliphatic hydroxyl groups excluding tert-OH is 1. The van der Waals surface area contributed by atoms with E-state index in [2.05, 4.69) is 20.8 Å². The van der Waals surface area contributed by atoms with Crippen molar-refractivity contribution in [1.29, 1.82) is 0 Å². The molecule has 0 saturated carbocycles. The minimum atomic E-state index is -1.36. The van der Waals surface area contributed by atoms with Gasteiger partial charge in [0.15, 0.2) is 0 Å². The molecule has 4 unspecified atom stereocenters. The Balaban J connectivity index is 2.10. The van der Waals surface area contributed by atoms with Gasteiger partial charge in [0.05, 0.1) is 23.7 Å². The fraction of sp³-hybridized carbons (Fsp3) is 0.581. The largest absolute Gasteiger partial charge is 0.494 e. The number of aliphatic hydroxyl groups is 2. The lowest BCUT2D eigenvalue weighted by molar-refractivity contribution is -0.230. The van der Waals surface area contributed by atoms with Crippen LogP contribution in [0.4, 0.5) is 0 Å². The van der Waals surface area contributed by atoms with Crippen LogP contribution in [0.2, 0.25) is 0 Å². The Labute approximate surface area is 217 Å². The zero-order valence-corrected chi connectivity index (χ0v) is 22.9. The zero-order chi connectivity index (χ0) is 26.8. The first-order chi connectivity index (χ1) is 16.9. The van der Waals surface area contributed by atoms with Gasteiger partial charge in [-0.2, -0.15) is 0 Å². The van der Waals surface area contributed by atoms with Gasteiger partial charge < -0.3 is 20.7 Å². The number of primary amides is 1. The van der Waals surface area contributed by atoms with Crippen molar-refractivity contribution in [3.8, 4) is 5.75 Å². The number of amides is 1. The number of para-hydroxylation sites is 1. The van der Waals surface area contributed by atoms with Gasteiger partial charge in [-0.3, -0.25) is 4.79 Å². The van der Waals surface area contributed by atoms with E-state index in [1.807, 2.05) is 75.4 Å². The van der Waals surface area contributed by atoms with Gasteiger partial charge in [-0.25, -0.2) is 0 Å². The Hall–Kier alpha value is -2.37. The number of nitrogens with two attached hydrogens (primary N) is 1. The van der Waals surface area contributed by atoms with Crippen molar-refractivity contribution >= 4 is 5.91 Å². The fourth-order valence-electron chi connectivity index (χ4n) is 6.51. The van der Waals surface area contributed by atoms with Crippen LogP contribution in [0.15, 0.2) is 54.6 Å². The highest BCUT2D eigenvalue weighted by Gasteiger charge is 2.70. The lowest BCUT2D eigenvalue weighted by atomic mass is 9.42. The van der Waals surface area contributed by atoms with Crippen molar-refractivity contribution in [3.05, 3.63) is 65.7 Å². The molecule has 1 amide bonds. The van der Waals surface area contributed by atoms with Crippen molar-refractivity contribution in [3.63, 3.8) is 0 Å². The van der Waals surface area contributed by atoms with Crippen LogP contribution in [0.1, 0.15) is 90.9 Å². The number of carbonyl (C=O) groups excluding carboxylic acids is 1. The molecule has 0 aliphatic heterocycles. The number of ether oxygens (including phenoxy) is 1. The molecular formula is C31H45NO4. The summed E-state index contributed by atoms with van der Waals surface area (Å²) in [4.78, 5) is 13.6. The highest BCUT2D eigenvalue weighted by molar-refractivity contribution is 5.84. The second-order valence-corrected chi connectivity index (χ2v) is 11.7. The van der Waals surface area contributed by atoms with Crippen molar-refractivity contribution in [2.75, 3.05) is 6.61 Å². The Morgan fingerprint density at radius 1 is 0.944 bits per heavy atom. The van der Waals surface area contributed by atoms with E-state index < -0.39 is 39.8 Å². The molecule has 4 atom stereocenters. The minimum absolute atomic E-state index is 0.534. The number of rotatable bonds is 11. The van der Waals surface area contributed by atoms with Crippen LogP contribution in [-0.2, 0) is 10.4 Å². The summed E-state index contributed by atoms with van der Waals surface area (Å²) < 4.78 is 5.90. The third kappa shape index (κ3) is 4.35. The summed E-state index contributed by atoms with van der Waals surface area (Å²) in [6.45, 7) is 12.7. The molecular weight excluding hydrogens is 450 g/mol. The summed E-state index contributed by atoms with van der Waals surface area (Å²) >= 11 is 0. The second-order valence-electron chi connectivity index (χ2n) is 11.7. The SMILES string of the molecule is CCC(C)(C)C1(O)c2ccccc2C(O)C(C(N)=O)(C(C)(C)CC)C1CCCCOc1ccccc1. The van der Waals surface area contributed by atoms with E-state index in [0.717, 1.165) is 18.6 Å². The molecule has 4 N–H and O–H groups in total. The molecule has 0 saturated heterocycles. The van der Waals surface area contributed by atoms with Crippen LogP contribution in [0.3, 0.4) is 0 Å². The number of fused-ring (bicyclic) bond motifs is 1. The molecule has 2 aromatic rings. The Morgan fingerprint density at radius 2 is 1.53 bits per heavy atom. The van der Waals surface area contributed by atoms with Gasteiger partial charge in [0.25, 0.3) is 0 Å². The highest BCUT2D eigenvalue weighted by atomic mass is 16.5. The van der Waals surface area contributed by atoms with Gasteiger partial charge in [0.1, 0.15) is 5.75 Å². The van der Waals surface area contributed by atoms with Gasteiger partial charge in [0, 0.05) is 5.92 Å². The van der Waals surface area contributed by atoms with E-state index in [1.54, 1.807) is 0 Å². The molecule has 0 heterocycles. The Morgan fingerprint density at radius 3 is 2.11 bits per heavy atom. The van der Waals surface area contributed by atoms with Crippen LogP contribution < -0.4 is 10.5 Å². The fourth-order valence-corrected chi connectivity index (χ4v) is 6.51. The monoisotopic (exact) mass is 495 g/mol. The van der Waals surface area contributed by atoms with Crippen LogP contribution in [-0.4, -0.2) is 22.7 Å². The van der Waals surface area contributed by atoms with Gasteiger partial charge in [-0.05, 0) is 66.2 Å². The van der Waals surface area contributed by atoms with E-state index >= 15 is 0 Å². The molecule has 198 valence electrons. The molecule has 0 bridgehead atoms. The molecule has 0 aromatic heterocycles. The van der Waals surface area contributed by atoms with Crippen molar-refractivity contribution in [1.82, 2.24) is 0 Å². The van der Waals surface area contributed by atoms with Crippen LogP contribution >= 0.6 is 0 Å².